The summed E-state index contributed by atoms with van der Waals surface area (Å²) in [5.74, 6) is 1.00. The largest absolute Gasteiger partial charge is 0.496 e. The molecule has 1 atom stereocenters. The Hall–Kier alpha value is -2.96. The van der Waals surface area contributed by atoms with E-state index in [1.807, 2.05) is 23.1 Å². The van der Waals surface area contributed by atoms with E-state index in [0.717, 1.165) is 35.9 Å². The van der Waals surface area contributed by atoms with Crippen molar-refractivity contribution in [2.75, 3.05) is 13.7 Å². The molecule has 134 valence electrons. The topological polar surface area (TPSA) is 73.1 Å². The maximum Gasteiger partial charge on any atom is 0.224 e. The molecule has 7 nitrogen and oxygen atoms in total. The number of likely N-dealkylation sites (tertiary alicyclic amines) is 1. The number of amides is 1. The van der Waals surface area contributed by atoms with Crippen LogP contribution >= 0.6 is 0 Å². The zero-order chi connectivity index (χ0) is 17.9. The molecule has 0 radical (unpaired) electrons. The fourth-order valence-corrected chi connectivity index (χ4v) is 3.79. The van der Waals surface area contributed by atoms with E-state index in [0.29, 0.717) is 13.0 Å². The lowest BCUT2D eigenvalue weighted by Gasteiger charge is -2.26. The van der Waals surface area contributed by atoms with Gasteiger partial charge in [-0.1, -0.05) is 30.3 Å². The van der Waals surface area contributed by atoms with Crippen LogP contribution in [0.2, 0.25) is 0 Å². The van der Waals surface area contributed by atoms with E-state index in [1.54, 1.807) is 11.8 Å². The second-order valence-corrected chi connectivity index (χ2v) is 6.47. The van der Waals surface area contributed by atoms with E-state index in [4.69, 9.17) is 4.74 Å². The summed E-state index contributed by atoms with van der Waals surface area (Å²) < 4.78 is 7.09. The summed E-state index contributed by atoms with van der Waals surface area (Å²) >= 11 is 0. The lowest BCUT2D eigenvalue weighted by molar-refractivity contribution is -0.132. The molecule has 1 aliphatic heterocycles. The molecule has 0 aliphatic carbocycles. The fraction of sp³-hybridized carbons (Fsp3) is 0.368. The van der Waals surface area contributed by atoms with Crippen molar-refractivity contribution in [3.63, 3.8) is 0 Å². The molecule has 7 heteroatoms. The molecule has 26 heavy (non-hydrogen) atoms. The molecule has 1 amide bonds. The van der Waals surface area contributed by atoms with Crippen LogP contribution < -0.4 is 4.74 Å². The van der Waals surface area contributed by atoms with Gasteiger partial charge in [0.25, 0.3) is 0 Å². The van der Waals surface area contributed by atoms with Crippen molar-refractivity contribution in [3.8, 4) is 5.75 Å². The van der Waals surface area contributed by atoms with Gasteiger partial charge in [-0.3, -0.25) is 4.79 Å². The van der Waals surface area contributed by atoms with Gasteiger partial charge < -0.3 is 9.64 Å². The number of hydrogen-bond acceptors (Lipinski definition) is 5. The number of tetrazole rings is 1. The summed E-state index contributed by atoms with van der Waals surface area (Å²) in [4.78, 5) is 14.8. The molecule has 2 heterocycles. The third kappa shape index (κ3) is 3.00. The van der Waals surface area contributed by atoms with E-state index in [2.05, 4.69) is 33.7 Å². The second-order valence-electron chi connectivity index (χ2n) is 6.47. The van der Waals surface area contributed by atoms with Gasteiger partial charge in [0.05, 0.1) is 19.7 Å². The lowest BCUT2D eigenvalue weighted by Crippen LogP contribution is -2.31. The quantitative estimate of drug-likeness (QED) is 0.706. The average molecular weight is 351 g/mol. The summed E-state index contributed by atoms with van der Waals surface area (Å²) in [5.41, 5.74) is 1.19. The molecule has 1 aromatic heterocycles. The number of hydrogen-bond donors (Lipinski definition) is 0. The molecule has 2 aromatic carbocycles. The van der Waals surface area contributed by atoms with Crippen molar-refractivity contribution >= 4 is 16.7 Å². The first kappa shape index (κ1) is 16.5. The van der Waals surface area contributed by atoms with Crippen LogP contribution in [-0.4, -0.2) is 44.7 Å². The molecule has 0 bridgehead atoms. The van der Waals surface area contributed by atoms with Crippen LogP contribution in [0.5, 0.6) is 5.75 Å². The Morgan fingerprint density at radius 2 is 2.08 bits per heavy atom. The minimum absolute atomic E-state index is 0.104. The predicted molar refractivity (Wildman–Crippen MR) is 96.6 cm³/mol. The fourth-order valence-electron chi connectivity index (χ4n) is 3.79. The number of rotatable bonds is 5. The normalized spacial score (nSPS) is 17.0. The molecular weight excluding hydrogens is 330 g/mol. The minimum Gasteiger partial charge on any atom is -0.496 e. The van der Waals surface area contributed by atoms with Crippen LogP contribution in [0, 0.1) is 0 Å². The van der Waals surface area contributed by atoms with Crippen LogP contribution in [0.25, 0.3) is 10.8 Å². The zero-order valence-electron chi connectivity index (χ0n) is 14.7. The second kappa shape index (κ2) is 7.11. The highest BCUT2D eigenvalue weighted by atomic mass is 16.5. The summed E-state index contributed by atoms with van der Waals surface area (Å²) in [6, 6.07) is 12.4. The minimum atomic E-state index is 0.104. The van der Waals surface area contributed by atoms with Crippen LogP contribution in [0.4, 0.5) is 0 Å². The molecular formula is C19H21N5O2. The van der Waals surface area contributed by atoms with E-state index in [-0.39, 0.29) is 11.9 Å². The molecule has 0 unspecified atom stereocenters. The van der Waals surface area contributed by atoms with Gasteiger partial charge in [-0.15, -0.1) is 5.10 Å². The number of ether oxygens (including phenoxy) is 1. The van der Waals surface area contributed by atoms with Gasteiger partial charge in [-0.25, -0.2) is 4.68 Å². The lowest BCUT2D eigenvalue weighted by atomic mass is 9.96. The van der Waals surface area contributed by atoms with Crippen molar-refractivity contribution in [2.24, 2.45) is 0 Å². The van der Waals surface area contributed by atoms with Crippen LogP contribution in [0.15, 0.2) is 42.7 Å². The van der Waals surface area contributed by atoms with Gasteiger partial charge in [0.2, 0.25) is 5.91 Å². The number of carbonyl (C=O) groups is 1. The Kier molecular flexibility index (Phi) is 4.51. The van der Waals surface area contributed by atoms with Crippen LogP contribution in [0.1, 0.15) is 30.9 Å². The van der Waals surface area contributed by atoms with Gasteiger partial charge in [0.15, 0.2) is 0 Å². The smallest absolute Gasteiger partial charge is 0.224 e. The standard InChI is InChI=1S/C19H21N5O2/c1-26-18-9-8-15(14-5-2-3-6-16(14)18)17-7-4-11-24(17)19(25)10-12-23-13-20-21-22-23/h2-3,5-6,8-9,13,17H,4,7,10-12H2,1H3/t17-/m1/s1. The number of fused-ring (bicyclic) bond motifs is 1. The molecule has 0 N–H and O–H groups in total. The maximum atomic E-state index is 12.8. The molecule has 1 fully saturated rings. The highest BCUT2D eigenvalue weighted by Crippen LogP contribution is 2.38. The predicted octanol–water partition coefficient (Wildman–Crippen LogP) is 2.59. The monoisotopic (exact) mass is 351 g/mol. The molecule has 4 rings (SSSR count). The van der Waals surface area contributed by atoms with Gasteiger partial charge in [0, 0.05) is 18.4 Å². The number of aryl methyl sites for hydroxylation is 1. The number of nitrogens with zero attached hydrogens (tertiary/aromatic N) is 5. The summed E-state index contributed by atoms with van der Waals surface area (Å²) in [7, 11) is 1.69. The van der Waals surface area contributed by atoms with Gasteiger partial charge in [-0.2, -0.15) is 0 Å². The molecule has 3 aromatic rings. The summed E-state index contributed by atoms with van der Waals surface area (Å²) in [6.45, 7) is 1.29. The van der Waals surface area contributed by atoms with E-state index >= 15 is 0 Å². The van der Waals surface area contributed by atoms with Gasteiger partial charge >= 0.3 is 0 Å². The first-order valence-electron chi connectivity index (χ1n) is 8.84. The zero-order valence-corrected chi connectivity index (χ0v) is 14.7. The molecule has 0 saturated carbocycles. The Bertz CT molecular complexity index is 909. The SMILES string of the molecule is COc1ccc([C@H]2CCCN2C(=O)CCn2cnnn2)c2ccccc12. The number of carbonyl (C=O) groups excluding carboxylic acids is 1. The Balaban J connectivity index is 1.60. The summed E-state index contributed by atoms with van der Waals surface area (Å²) in [6.07, 6.45) is 3.93. The molecule has 1 aliphatic rings. The average Bonchev–Trinajstić information content (AvgIpc) is 3.37. The third-order valence-corrected chi connectivity index (χ3v) is 5.02. The Morgan fingerprint density at radius 3 is 2.85 bits per heavy atom. The van der Waals surface area contributed by atoms with Crippen molar-refractivity contribution in [1.82, 2.24) is 25.1 Å². The maximum absolute atomic E-state index is 12.8. The van der Waals surface area contributed by atoms with Gasteiger partial charge in [-0.05, 0) is 40.3 Å². The third-order valence-electron chi connectivity index (χ3n) is 5.02. The first-order valence-corrected chi connectivity index (χ1v) is 8.84. The number of benzene rings is 2. The highest BCUT2D eigenvalue weighted by Gasteiger charge is 2.31. The van der Waals surface area contributed by atoms with Crippen molar-refractivity contribution in [2.45, 2.75) is 31.8 Å². The Morgan fingerprint density at radius 1 is 1.23 bits per heavy atom. The number of aromatic nitrogens is 4. The van der Waals surface area contributed by atoms with E-state index in [1.165, 1.54) is 11.9 Å². The molecule has 0 spiro atoms. The number of methoxy groups -OCH3 is 1. The first-order chi connectivity index (χ1) is 12.8. The van der Waals surface area contributed by atoms with Crippen molar-refractivity contribution in [1.29, 1.82) is 0 Å². The highest BCUT2D eigenvalue weighted by molar-refractivity contribution is 5.92. The summed E-state index contributed by atoms with van der Waals surface area (Å²) in [5, 5.41) is 13.3. The van der Waals surface area contributed by atoms with Crippen molar-refractivity contribution < 1.29 is 9.53 Å². The van der Waals surface area contributed by atoms with E-state index in [9.17, 15) is 4.79 Å². The van der Waals surface area contributed by atoms with Gasteiger partial charge in [0.1, 0.15) is 12.1 Å². The van der Waals surface area contributed by atoms with Crippen molar-refractivity contribution in [3.05, 3.63) is 48.3 Å². The molecule has 1 saturated heterocycles. The van der Waals surface area contributed by atoms with Crippen LogP contribution in [-0.2, 0) is 11.3 Å². The van der Waals surface area contributed by atoms with E-state index < -0.39 is 0 Å². The van der Waals surface area contributed by atoms with Crippen LogP contribution in [0.3, 0.4) is 0 Å². The Labute approximate surface area is 151 Å².